The first-order valence-electron chi connectivity index (χ1n) is 6.65. The Balaban J connectivity index is 2.02. The van der Waals surface area contributed by atoms with Crippen molar-refractivity contribution in [1.29, 1.82) is 0 Å². The maximum absolute atomic E-state index is 12.1. The van der Waals surface area contributed by atoms with Gasteiger partial charge < -0.3 is 15.2 Å². The number of pyridine rings is 1. The minimum atomic E-state index is -3.74. The summed E-state index contributed by atoms with van der Waals surface area (Å²) in [4.78, 5) is 13.2. The summed E-state index contributed by atoms with van der Waals surface area (Å²) in [5.74, 6) is -0.149. The van der Waals surface area contributed by atoms with Crippen LogP contribution in [0.4, 0.5) is 5.82 Å². The van der Waals surface area contributed by atoms with E-state index in [-0.39, 0.29) is 29.9 Å². The molecule has 2 unspecified atom stereocenters. The fraction of sp³-hybridized carbons (Fsp3) is 0.583. The summed E-state index contributed by atoms with van der Waals surface area (Å²) in [6, 6.07) is 2.21. The zero-order chi connectivity index (χ0) is 15.5. The van der Waals surface area contributed by atoms with Gasteiger partial charge in [0.1, 0.15) is 4.90 Å². The molecule has 0 aliphatic heterocycles. The highest BCUT2D eigenvalue weighted by Crippen LogP contribution is 2.30. The fourth-order valence-electron chi connectivity index (χ4n) is 2.56. The summed E-state index contributed by atoms with van der Waals surface area (Å²) < 4.78 is 26.6. The number of nitrogens with one attached hydrogen (secondary N) is 1. The van der Waals surface area contributed by atoms with Gasteiger partial charge in [0.15, 0.2) is 6.20 Å². The third kappa shape index (κ3) is 3.74. The Labute approximate surface area is 122 Å². The number of hydrogen-bond acceptors (Lipinski definition) is 6. The molecule has 0 radical (unpaired) electrons. The highest BCUT2D eigenvalue weighted by molar-refractivity contribution is 7.89. The van der Waals surface area contributed by atoms with Crippen molar-refractivity contribution in [1.82, 2.24) is 9.71 Å². The van der Waals surface area contributed by atoms with E-state index in [0.717, 1.165) is 37.6 Å². The summed E-state index contributed by atoms with van der Waals surface area (Å²) in [5.41, 5.74) is 0. The fourth-order valence-corrected chi connectivity index (χ4v) is 3.60. The molecule has 0 saturated heterocycles. The highest BCUT2D eigenvalue weighted by Gasteiger charge is 2.28. The molecule has 9 heteroatoms. The Bertz CT molecular complexity index is 602. The molecule has 1 aromatic heterocycles. The Morgan fingerprint density at radius 2 is 2.10 bits per heavy atom. The van der Waals surface area contributed by atoms with Crippen LogP contribution in [0.3, 0.4) is 0 Å². The van der Waals surface area contributed by atoms with Gasteiger partial charge in [-0.2, -0.15) is 0 Å². The van der Waals surface area contributed by atoms with Gasteiger partial charge in [0, 0.05) is 19.2 Å². The minimum Gasteiger partial charge on any atom is -0.396 e. The van der Waals surface area contributed by atoms with E-state index in [1.54, 1.807) is 0 Å². The van der Waals surface area contributed by atoms with Gasteiger partial charge >= 0.3 is 5.82 Å². The predicted molar refractivity (Wildman–Crippen MR) is 74.0 cm³/mol. The molecule has 0 spiro atoms. The van der Waals surface area contributed by atoms with E-state index < -0.39 is 20.8 Å². The van der Waals surface area contributed by atoms with Crippen LogP contribution in [0.1, 0.15) is 19.3 Å². The SMILES string of the molecule is O=[N+]([O-])c1ccc(S(=O)(=O)NCC2CCCC2CO)cn1. The molecule has 1 aromatic rings. The average Bonchev–Trinajstić information content (AvgIpc) is 2.93. The van der Waals surface area contributed by atoms with E-state index >= 15 is 0 Å². The number of aliphatic hydroxyl groups excluding tert-OH is 1. The molecule has 0 amide bonds. The number of aromatic nitrogens is 1. The van der Waals surface area contributed by atoms with Crippen molar-refractivity contribution >= 4 is 15.8 Å². The first kappa shape index (κ1) is 15.8. The number of aliphatic hydroxyl groups is 1. The molecule has 1 fully saturated rings. The van der Waals surface area contributed by atoms with Crippen molar-refractivity contribution < 1.29 is 18.4 Å². The van der Waals surface area contributed by atoms with Crippen LogP contribution in [0.25, 0.3) is 0 Å². The van der Waals surface area contributed by atoms with Gasteiger partial charge in [-0.3, -0.25) is 0 Å². The lowest BCUT2D eigenvalue weighted by Crippen LogP contribution is -2.31. The average molecular weight is 315 g/mol. The Morgan fingerprint density at radius 1 is 1.38 bits per heavy atom. The molecule has 1 saturated carbocycles. The molecule has 2 rings (SSSR count). The van der Waals surface area contributed by atoms with Crippen molar-refractivity contribution in [2.75, 3.05) is 13.2 Å². The second-order valence-corrected chi connectivity index (χ2v) is 6.86. The van der Waals surface area contributed by atoms with Crippen LogP contribution in [0.15, 0.2) is 23.2 Å². The number of nitrogens with zero attached hydrogens (tertiary/aromatic N) is 2. The highest BCUT2D eigenvalue weighted by atomic mass is 32.2. The van der Waals surface area contributed by atoms with Crippen LogP contribution in [-0.4, -0.2) is 36.6 Å². The molecule has 0 aromatic carbocycles. The van der Waals surface area contributed by atoms with E-state index in [9.17, 15) is 23.6 Å². The maximum atomic E-state index is 12.1. The number of sulfonamides is 1. The molecule has 8 nitrogen and oxygen atoms in total. The Morgan fingerprint density at radius 3 is 2.67 bits per heavy atom. The smallest absolute Gasteiger partial charge is 0.363 e. The van der Waals surface area contributed by atoms with Gasteiger partial charge in [-0.15, -0.1) is 0 Å². The monoisotopic (exact) mass is 315 g/mol. The standard InChI is InChI=1S/C12H17N3O5S/c16-8-10-3-1-2-9(10)6-14-21(19,20)11-4-5-12(13-7-11)15(17)18/h4-5,7,9-10,14,16H,1-3,6,8H2. The van der Waals surface area contributed by atoms with Crippen LogP contribution in [0.5, 0.6) is 0 Å². The summed E-state index contributed by atoms with van der Waals surface area (Å²) in [5, 5.41) is 19.7. The van der Waals surface area contributed by atoms with E-state index in [1.165, 1.54) is 0 Å². The summed E-state index contributed by atoms with van der Waals surface area (Å²) in [7, 11) is -3.74. The minimum absolute atomic E-state index is 0.0610. The summed E-state index contributed by atoms with van der Waals surface area (Å²) in [6.45, 7) is 0.316. The van der Waals surface area contributed by atoms with Gasteiger partial charge in [-0.25, -0.2) is 13.1 Å². The quantitative estimate of drug-likeness (QED) is 0.588. The second-order valence-electron chi connectivity index (χ2n) is 5.09. The molecule has 0 bridgehead atoms. The van der Waals surface area contributed by atoms with Crippen molar-refractivity contribution in [3.63, 3.8) is 0 Å². The van der Waals surface area contributed by atoms with Gasteiger partial charge in [0.05, 0.1) is 0 Å². The molecule has 2 N–H and O–H groups in total. The molecule has 116 valence electrons. The summed E-state index contributed by atoms with van der Waals surface area (Å²) >= 11 is 0. The van der Waals surface area contributed by atoms with Crippen molar-refractivity contribution in [3.8, 4) is 0 Å². The normalized spacial score (nSPS) is 22.3. The zero-order valence-electron chi connectivity index (χ0n) is 11.3. The van der Waals surface area contributed by atoms with Crippen LogP contribution in [0.2, 0.25) is 0 Å². The van der Waals surface area contributed by atoms with E-state index in [4.69, 9.17) is 0 Å². The molecular weight excluding hydrogens is 298 g/mol. The lowest BCUT2D eigenvalue weighted by Gasteiger charge is -2.17. The van der Waals surface area contributed by atoms with Gasteiger partial charge in [-0.05, 0) is 40.7 Å². The van der Waals surface area contributed by atoms with Crippen LogP contribution in [-0.2, 0) is 10.0 Å². The molecular formula is C12H17N3O5S. The van der Waals surface area contributed by atoms with E-state index in [1.807, 2.05) is 0 Å². The first-order valence-corrected chi connectivity index (χ1v) is 8.13. The maximum Gasteiger partial charge on any atom is 0.363 e. The largest absolute Gasteiger partial charge is 0.396 e. The van der Waals surface area contributed by atoms with E-state index in [2.05, 4.69) is 9.71 Å². The Kier molecular flexibility index (Phi) is 4.86. The summed E-state index contributed by atoms with van der Waals surface area (Å²) in [6.07, 6.45) is 3.74. The third-order valence-electron chi connectivity index (χ3n) is 3.80. The lowest BCUT2D eigenvalue weighted by atomic mass is 9.97. The van der Waals surface area contributed by atoms with Crippen molar-refractivity contribution in [3.05, 3.63) is 28.4 Å². The lowest BCUT2D eigenvalue weighted by molar-refractivity contribution is -0.389. The van der Waals surface area contributed by atoms with Crippen LogP contribution < -0.4 is 4.72 Å². The van der Waals surface area contributed by atoms with Gasteiger partial charge in [-0.1, -0.05) is 6.42 Å². The van der Waals surface area contributed by atoms with Crippen LogP contribution >= 0.6 is 0 Å². The molecule has 1 aliphatic rings. The topological polar surface area (TPSA) is 122 Å². The molecule has 1 aliphatic carbocycles. The molecule has 1 heterocycles. The van der Waals surface area contributed by atoms with Crippen molar-refractivity contribution in [2.24, 2.45) is 11.8 Å². The van der Waals surface area contributed by atoms with Gasteiger partial charge in [0.25, 0.3) is 0 Å². The molecule has 2 atom stereocenters. The number of hydrogen-bond donors (Lipinski definition) is 2. The number of rotatable bonds is 6. The van der Waals surface area contributed by atoms with E-state index in [0.29, 0.717) is 0 Å². The zero-order valence-corrected chi connectivity index (χ0v) is 12.1. The van der Waals surface area contributed by atoms with Crippen LogP contribution in [0, 0.1) is 22.0 Å². The molecule has 21 heavy (non-hydrogen) atoms. The Hall–Kier alpha value is -1.58. The predicted octanol–water partition coefficient (Wildman–Crippen LogP) is 0.677. The first-order chi connectivity index (χ1) is 9.94. The van der Waals surface area contributed by atoms with Crippen molar-refractivity contribution in [2.45, 2.75) is 24.2 Å². The third-order valence-corrected chi connectivity index (χ3v) is 5.21. The second kappa shape index (κ2) is 6.46. The van der Waals surface area contributed by atoms with Gasteiger partial charge in [0.2, 0.25) is 10.0 Å². The number of nitro groups is 1.